The molecule has 1 fully saturated rings. The summed E-state index contributed by atoms with van der Waals surface area (Å²) in [5.41, 5.74) is 5.01. The van der Waals surface area contributed by atoms with Crippen LogP contribution in [0, 0.1) is 0 Å². The Bertz CT molecular complexity index is 224. The van der Waals surface area contributed by atoms with Crippen molar-refractivity contribution in [1.29, 1.82) is 0 Å². The van der Waals surface area contributed by atoms with Gasteiger partial charge in [-0.3, -0.25) is 4.79 Å². The molecule has 1 aliphatic rings. The van der Waals surface area contributed by atoms with E-state index in [0.29, 0.717) is 0 Å². The monoisotopic (exact) mass is 199 g/mol. The number of nitrogens with two attached hydrogens (primary N) is 1. The fraction of sp³-hybridized carbons (Fsp3) is 0.778. The Hall–Kier alpha value is -1.26. The van der Waals surface area contributed by atoms with Gasteiger partial charge in [-0.25, -0.2) is 4.79 Å². The Morgan fingerprint density at radius 2 is 1.86 bits per heavy atom. The molecule has 0 saturated carbocycles. The average Bonchev–Trinajstić information content (AvgIpc) is 2.17. The number of urea groups is 1. The zero-order valence-corrected chi connectivity index (χ0v) is 8.53. The molecule has 1 saturated heterocycles. The number of primary amides is 1. The normalized spacial score (nSPS) is 16.5. The maximum absolute atomic E-state index is 11.7. The van der Waals surface area contributed by atoms with Crippen LogP contribution in [0.15, 0.2) is 0 Å². The predicted octanol–water partition coefficient (Wildman–Crippen LogP) is 0.00940. The van der Waals surface area contributed by atoms with Crippen LogP contribution < -0.4 is 5.73 Å². The number of rotatable bonds is 2. The summed E-state index contributed by atoms with van der Waals surface area (Å²) in [6.45, 7) is 1.58. The summed E-state index contributed by atoms with van der Waals surface area (Å²) in [6, 6.07) is -0.0940. The summed E-state index contributed by atoms with van der Waals surface area (Å²) in [7, 11) is 1.60. The quantitative estimate of drug-likeness (QED) is 0.680. The van der Waals surface area contributed by atoms with Gasteiger partial charge in [0.25, 0.3) is 0 Å². The van der Waals surface area contributed by atoms with Gasteiger partial charge < -0.3 is 15.5 Å². The SMILES string of the molecule is CN(CC(N)=O)C(=O)N1CCCCC1. The Labute approximate surface area is 83.8 Å². The van der Waals surface area contributed by atoms with Crippen molar-refractivity contribution < 1.29 is 9.59 Å². The molecule has 5 heteroatoms. The number of carbonyl (C=O) groups is 2. The standard InChI is InChI=1S/C9H17N3O2/c1-11(7-8(10)13)9(14)12-5-3-2-4-6-12/h2-7H2,1H3,(H2,10,13). The summed E-state index contributed by atoms with van der Waals surface area (Å²) >= 11 is 0. The van der Waals surface area contributed by atoms with Crippen LogP contribution in [0.25, 0.3) is 0 Å². The van der Waals surface area contributed by atoms with Crippen LogP contribution in [-0.2, 0) is 4.79 Å². The number of carbonyl (C=O) groups excluding carboxylic acids is 2. The van der Waals surface area contributed by atoms with Gasteiger partial charge in [-0.2, -0.15) is 0 Å². The van der Waals surface area contributed by atoms with E-state index in [1.54, 1.807) is 11.9 Å². The third-order valence-corrected chi connectivity index (χ3v) is 2.35. The number of amides is 3. The van der Waals surface area contributed by atoms with Gasteiger partial charge >= 0.3 is 6.03 Å². The zero-order valence-electron chi connectivity index (χ0n) is 8.53. The molecule has 0 aromatic heterocycles. The van der Waals surface area contributed by atoms with Crippen molar-refractivity contribution in [2.45, 2.75) is 19.3 Å². The van der Waals surface area contributed by atoms with Gasteiger partial charge in [0, 0.05) is 20.1 Å². The second kappa shape index (κ2) is 4.83. The number of likely N-dealkylation sites (N-methyl/N-ethyl adjacent to an activating group) is 1. The summed E-state index contributed by atoms with van der Waals surface area (Å²) < 4.78 is 0. The maximum Gasteiger partial charge on any atom is 0.320 e. The zero-order chi connectivity index (χ0) is 10.6. The molecule has 0 radical (unpaired) electrons. The highest BCUT2D eigenvalue weighted by Crippen LogP contribution is 2.10. The van der Waals surface area contributed by atoms with Crippen molar-refractivity contribution in [2.24, 2.45) is 5.73 Å². The number of nitrogens with zero attached hydrogens (tertiary/aromatic N) is 2. The fourth-order valence-electron chi connectivity index (χ4n) is 1.63. The van der Waals surface area contributed by atoms with E-state index >= 15 is 0 Å². The van der Waals surface area contributed by atoms with Gasteiger partial charge in [-0.15, -0.1) is 0 Å². The molecule has 0 aromatic carbocycles. The van der Waals surface area contributed by atoms with Crippen LogP contribution in [0.2, 0.25) is 0 Å². The van der Waals surface area contributed by atoms with E-state index in [2.05, 4.69) is 0 Å². The molecule has 14 heavy (non-hydrogen) atoms. The van der Waals surface area contributed by atoms with Gasteiger partial charge in [-0.1, -0.05) is 0 Å². The van der Waals surface area contributed by atoms with Gasteiger partial charge in [0.2, 0.25) is 5.91 Å². The topological polar surface area (TPSA) is 66.6 Å². The van der Waals surface area contributed by atoms with E-state index in [1.807, 2.05) is 0 Å². The molecule has 2 N–H and O–H groups in total. The maximum atomic E-state index is 11.7. The molecule has 1 heterocycles. The highest BCUT2D eigenvalue weighted by Gasteiger charge is 2.20. The molecule has 0 aromatic rings. The van der Waals surface area contributed by atoms with Crippen molar-refractivity contribution >= 4 is 11.9 Å². The van der Waals surface area contributed by atoms with Gasteiger partial charge in [-0.05, 0) is 19.3 Å². The number of piperidine rings is 1. The van der Waals surface area contributed by atoms with Crippen molar-refractivity contribution in [3.8, 4) is 0 Å². The number of hydrogen-bond donors (Lipinski definition) is 1. The third kappa shape index (κ3) is 2.90. The second-order valence-electron chi connectivity index (χ2n) is 3.65. The molecule has 80 valence electrons. The molecule has 0 bridgehead atoms. The first-order valence-corrected chi connectivity index (χ1v) is 4.89. The van der Waals surface area contributed by atoms with Crippen molar-refractivity contribution in [3.63, 3.8) is 0 Å². The molecule has 5 nitrogen and oxygen atoms in total. The van der Waals surface area contributed by atoms with Crippen LogP contribution in [0.4, 0.5) is 4.79 Å². The van der Waals surface area contributed by atoms with E-state index in [9.17, 15) is 9.59 Å². The lowest BCUT2D eigenvalue weighted by Gasteiger charge is -2.30. The Kier molecular flexibility index (Phi) is 3.73. The lowest BCUT2D eigenvalue weighted by Crippen LogP contribution is -2.46. The molecule has 3 amide bonds. The highest BCUT2D eigenvalue weighted by molar-refractivity contribution is 5.82. The van der Waals surface area contributed by atoms with Crippen LogP contribution >= 0.6 is 0 Å². The molecular weight excluding hydrogens is 182 g/mol. The average molecular weight is 199 g/mol. The Morgan fingerprint density at radius 3 is 2.36 bits per heavy atom. The van der Waals surface area contributed by atoms with Gasteiger partial charge in [0.15, 0.2) is 0 Å². The van der Waals surface area contributed by atoms with Crippen molar-refractivity contribution in [1.82, 2.24) is 9.80 Å². The van der Waals surface area contributed by atoms with Gasteiger partial charge in [0.1, 0.15) is 6.54 Å². The van der Waals surface area contributed by atoms with E-state index in [4.69, 9.17) is 5.73 Å². The second-order valence-corrected chi connectivity index (χ2v) is 3.65. The van der Waals surface area contributed by atoms with E-state index < -0.39 is 5.91 Å². The van der Waals surface area contributed by atoms with E-state index in [0.717, 1.165) is 25.9 Å². The number of hydrogen-bond acceptors (Lipinski definition) is 2. The summed E-state index contributed by atoms with van der Waals surface area (Å²) in [4.78, 5) is 25.4. The van der Waals surface area contributed by atoms with Crippen LogP contribution in [-0.4, -0.2) is 48.4 Å². The Balaban J connectivity index is 2.42. The number of likely N-dealkylation sites (tertiary alicyclic amines) is 1. The van der Waals surface area contributed by atoms with Crippen LogP contribution in [0.3, 0.4) is 0 Å². The smallest absolute Gasteiger partial charge is 0.320 e. The minimum Gasteiger partial charge on any atom is -0.368 e. The first kappa shape index (κ1) is 10.8. The molecule has 0 unspecified atom stereocenters. The molecule has 1 aliphatic heterocycles. The van der Waals surface area contributed by atoms with Crippen LogP contribution in [0.1, 0.15) is 19.3 Å². The fourth-order valence-corrected chi connectivity index (χ4v) is 1.63. The third-order valence-electron chi connectivity index (χ3n) is 2.35. The molecule has 1 rings (SSSR count). The largest absolute Gasteiger partial charge is 0.368 e. The Morgan fingerprint density at radius 1 is 1.29 bits per heavy atom. The highest BCUT2D eigenvalue weighted by atomic mass is 16.2. The van der Waals surface area contributed by atoms with E-state index in [-0.39, 0.29) is 12.6 Å². The van der Waals surface area contributed by atoms with Gasteiger partial charge in [0.05, 0.1) is 0 Å². The summed E-state index contributed by atoms with van der Waals surface area (Å²) in [6.07, 6.45) is 3.29. The molecule has 0 atom stereocenters. The summed E-state index contributed by atoms with van der Waals surface area (Å²) in [5, 5.41) is 0. The lowest BCUT2D eigenvalue weighted by molar-refractivity contribution is -0.118. The lowest BCUT2D eigenvalue weighted by atomic mass is 10.1. The molecule has 0 spiro atoms. The van der Waals surface area contributed by atoms with Crippen LogP contribution in [0.5, 0.6) is 0 Å². The minimum absolute atomic E-state index is 0.00463. The van der Waals surface area contributed by atoms with Crippen molar-refractivity contribution in [3.05, 3.63) is 0 Å². The first-order valence-electron chi connectivity index (χ1n) is 4.89. The predicted molar refractivity (Wildman–Crippen MR) is 52.6 cm³/mol. The minimum atomic E-state index is -0.474. The molecule has 0 aliphatic carbocycles. The first-order chi connectivity index (χ1) is 6.61. The summed E-state index contributed by atoms with van der Waals surface area (Å²) in [5.74, 6) is -0.474. The molecular formula is C9H17N3O2. The van der Waals surface area contributed by atoms with Crippen molar-refractivity contribution in [2.75, 3.05) is 26.7 Å². The van der Waals surface area contributed by atoms with E-state index in [1.165, 1.54) is 11.3 Å².